The van der Waals surface area contributed by atoms with Crippen LogP contribution in [0.4, 0.5) is 19.1 Å². The summed E-state index contributed by atoms with van der Waals surface area (Å²) < 4.78 is 38.2. The maximum Gasteiger partial charge on any atom is 0.416 e. The Kier molecular flexibility index (Phi) is 3.85. The van der Waals surface area contributed by atoms with Crippen LogP contribution in [-0.4, -0.2) is 9.97 Å². The molecule has 0 aliphatic carbocycles. The minimum atomic E-state index is -4.44. The third-order valence-corrected chi connectivity index (χ3v) is 3.06. The molecular weight excluding hydrogens is 291 g/mol. The van der Waals surface area contributed by atoms with Crippen LogP contribution >= 0.6 is 11.6 Å². The summed E-state index contributed by atoms with van der Waals surface area (Å²) in [6.07, 6.45) is -3.85. The summed E-state index contributed by atoms with van der Waals surface area (Å²) in [6, 6.07) is 4.67. The lowest BCUT2D eigenvalue weighted by molar-refractivity contribution is -0.137. The molecule has 106 valence electrons. The molecule has 0 aliphatic heterocycles. The SMILES string of the molecule is CCc1cc(-c2cc(C(F)(F)F)ccc2Cl)nc(N)n1. The molecule has 0 unspecified atom stereocenters. The summed E-state index contributed by atoms with van der Waals surface area (Å²) in [5, 5.41) is 0.179. The Hall–Kier alpha value is -1.82. The van der Waals surface area contributed by atoms with Crippen LogP contribution in [0.2, 0.25) is 5.02 Å². The molecule has 1 heterocycles. The molecule has 0 fully saturated rings. The summed E-state index contributed by atoms with van der Waals surface area (Å²) in [5.74, 6) is 0.00725. The zero-order valence-electron chi connectivity index (χ0n) is 10.5. The van der Waals surface area contributed by atoms with E-state index in [9.17, 15) is 13.2 Å². The topological polar surface area (TPSA) is 51.8 Å². The van der Waals surface area contributed by atoms with Crippen molar-refractivity contribution in [3.63, 3.8) is 0 Å². The second-order valence-electron chi connectivity index (χ2n) is 4.15. The van der Waals surface area contributed by atoms with E-state index < -0.39 is 11.7 Å². The largest absolute Gasteiger partial charge is 0.416 e. The van der Waals surface area contributed by atoms with Crippen LogP contribution in [0, 0.1) is 0 Å². The Bertz CT molecular complexity index is 641. The zero-order valence-corrected chi connectivity index (χ0v) is 11.3. The van der Waals surface area contributed by atoms with Crippen molar-refractivity contribution in [1.82, 2.24) is 9.97 Å². The average molecular weight is 302 g/mol. The van der Waals surface area contributed by atoms with Crippen LogP contribution in [0.1, 0.15) is 18.2 Å². The van der Waals surface area contributed by atoms with E-state index in [1.165, 1.54) is 6.07 Å². The van der Waals surface area contributed by atoms with E-state index in [2.05, 4.69) is 9.97 Å². The highest BCUT2D eigenvalue weighted by Gasteiger charge is 2.31. The Morgan fingerprint density at radius 2 is 1.90 bits per heavy atom. The number of halogens is 4. The van der Waals surface area contributed by atoms with Crippen molar-refractivity contribution in [2.24, 2.45) is 0 Å². The monoisotopic (exact) mass is 301 g/mol. The van der Waals surface area contributed by atoms with E-state index in [4.69, 9.17) is 17.3 Å². The number of nitrogens with two attached hydrogens (primary N) is 1. The number of hydrogen-bond donors (Lipinski definition) is 1. The van der Waals surface area contributed by atoms with Crippen molar-refractivity contribution in [1.29, 1.82) is 0 Å². The fraction of sp³-hybridized carbons (Fsp3) is 0.231. The van der Waals surface area contributed by atoms with Gasteiger partial charge in [-0.15, -0.1) is 0 Å². The first kappa shape index (κ1) is 14.6. The standard InChI is InChI=1S/C13H11ClF3N3/c1-2-8-6-11(20-12(18)19-8)9-5-7(13(15,16)17)3-4-10(9)14/h3-6H,2H2,1H3,(H2,18,19,20). The number of anilines is 1. The van der Waals surface area contributed by atoms with Gasteiger partial charge in [-0.3, -0.25) is 0 Å². The number of nitrogen functional groups attached to an aromatic ring is 1. The fourth-order valence-electron chi connectivity index (χ4n) is 1.73. The Balaban J connectivity index is 2.60. The summed E-state index contributed by atoms with van der Waals surface area (Å²) in [7, 11) is 0. The summed E-state index contributed by atoms with van der Waals surface area (Å²) in [4.78, 5) is 7.93. The van der Waals surface area contributed by atoms with Crippen LogP contribution in [0.15, 0.2) is 24.3 Å². The molecule has 2 rings (SSSR count). The Morgan fingerprint density at radius 1 is 1.20 bits per heavy atom. The Labute approximate surface area is 118 Å². The molecule has 0 atom stereocenters. The molecule has 2 aromatic rings. The smallest absolute Gasteiger partial charge is 0.368 e. The Morgan fingerprint density at radius 3 is 2.50 bits per heavy atom. The van der Waals surface area contributed by atoms with Gasteiger partial charge in [0.05, 0.1) is 11.3 Å². The molecule has 1 aromatic carbocycles. The molecule has 0 radical (unpaired) electrons. The first-order chi connectivity index (χ1) is 9.31. The lowest BCUT2D eigenvalue weighted by Crippen LogP contribution is -2.05. The summed E-state index contributed by atoms with van der Waals surface area (Å²) in [5.41, 5.74) is 5.88. The van der Waals surface area contributed by atoms with Gasteiger partial charge in [0.2, 0.25) is 5.95 Å². The number of benzene rings is 1. The second kappa shape index (κ2) is 5.28. The molecule has 0 aliphatic rings. The molecule has 2 N–H and O–H groups in total. The number of nitrogens with zero attached hydrogens (tertiary/aromatic N) is 2. The van der Waals surface area contributed by atoms with E-state index in [-0.39, 0.29) is 22.2 Å². The maximum absolute atomic E-state index is 12.7. The molecule has 0 saturated carbocycles. The van der Waals surface area contributed by atoms with Gasteiger partial charge in [0.15, 0.2) is 0 Å². The normalized spacial score (nSPS) is 11.7. The quantitative estimate of drug-likeness (QED) is 0.913. The maximum atomic E-state index is 12.7. The van der Waals surface area contributed by atoms with Crippen molar-refractivity contribution >= 4 is 17.5 Å². The first-order valence-corrected chi connectivity index (χ1v) is 6.19. The summed E-state index contributed by atoms with van der Waals surface area (Å²) >= 11 is 5.96. The molecule has 0 amide bonds. The van der Waals surface area contributed by atoms with Gasteiger partial charge in [0.1, 0.15) is 0 Å². The number of alkyl halides is 3. The third-order valence-electron chi connectivity index (χ3n) is 2.73. The highest BCUT2D eigenvalue weighted by Crippen LogP contribution is 2.35. The number of hydrogen-bond acceptors (Lipinski definition) is 3. The average Bonchev–Trinajstić information content (AvgIpc) is 2.37. The van der Waals surface area contributed by atoms with Crippen molar-refractivity contribution in [3.8, 4) is 11.3 Å². The van der Waals surface area contributed by atoms with E-state index in [1.807, 2.05) is 6.92 Å². The van der Waals surface area contributed by atoms with Crippen LogP contribution in [0.25, 0.3) is 11.3 Å². The second-order valence-corrected chi connectivity index (χ2v) is 4.56. The predicted molar refractivity (Wildman–Crippen MR) is 71.3 cm³/mol. The van der Waals surface area contributed by atoms with Crippen molar-refractivity contribution in [2.45, 2.75) is 19.5 Å². The lowest BCUT2D eigenvalue weighted by Gasteiger charge is -2.11. The molecule has 0 spiro atoms. The highest BCUT2D eigenvalue weighted by atomic mass is 35.5. The van der Waals surface area contributed by atoms with Crippen molar-refractivity contribution < 1.29 is 13.2 Å². The first-order valence-electron chi connectivity index (χ1n) is 5.82. The van der Waals surface area contributed by atoms with Crippen LogP contribution in [-0.2, 0) is 12.6 Å². The van der Waals surface area contributed by atoms with Crippen molar-refractivity contribution in [3.05, 3.63) is 40.5 Å². The lowest BCUT2D eigenvalue weighted by atomic mass is 10.1. The van der Waals surface area contributed by atoms with Gasteiger partial charge in [-0.1, -0.05) is 18.5 Å². The molecule has 20 heavy (non-hydrogen) atoms. The van der Waals surface area contributed by atoms with Gasteiger partial charge in [-0.2, -0.15) is 13.2 Å². The van der Waals surface area contributed by atoms with Crippen LogP contribution in [0.3, 0.4) is 0 Å². The molecular formula is C13H11ClF3N3. The van der Waals surface area contributed by atoms with Gasteiger partial charge in [-0.05, 0) is 30.7 Å². The van der Waals surface area contributed by atoms with E-state index >= 15 is 0 Å². The fourth-order valence-corrected chi connectivity index (χ4v) is 1.95. The molecule has 0 saturated heterocycles. The number of aromatic nitrogens is 2. The van der Waals surface area contributed by atoms with E-state index in [0.717, 1.165) is 12.1 Å². The molecule has 0 bridgehead atoms. The molecule has 1 aromatic heterocycles. The zero-order chi connectivity index (χ0) is 14.9. The van der Waals surface area contributed by atoms with Crippen LogP contribution in [0.5, 0.6) is 0 Å². The summed E-state index contributed by atoms with van der Waals surface area (Å²) in [6.45, 7) is 1.86. The van der Waals surface area contributed by atoms with Crippen LogP contribution < -0.4 is 5.73 Å². The van der Waals surface area contributed by atoms with Crippen molar-refractivity contribution in [2.75, 3.05) is 5.73 Å². The van der Waals surface area contributed by atoms with E-state index in [1.54, 1.807) is 6.07 Å². The third kappa shape index (κ3) is 3.01. The molecule has 7 heteroatoms. The van der Waals surface area contributed by atoms with Gasteiger partial charge < -0.3 is 5.73 Å². The van der Waals surface area contributed by atoms with E-state index in [0.29, 0.717) is 12.1 Å². The number of aryl methyl sites for hydroxylation is 1. The minimum Gasteiger partial charge on any atom is -0.368 e. The minimum absolute atomic E-state index is 0.00725. The van der Waals surface area contributed by atoms with Gasteiger partial charge >= 0.3 is 6.18 Å². The predicted octanol–water partition coefficient (Wildman–Crippen LogP) is 3.96. The van der Waals surface area contributed by atoms with Gasteiger partial charge in [0, 0.05) is 16.3 Å². The van der Waals surface area contributed by atoms with Gasteiger partial charge in [0.25, 0.3) is 0 Å². The highest BCUT2D eigenvalue weighted by molar-refractivity contribution is 6.33. The number of rotatable bonds is 2. The molecule has 3 nitrogen and oxygen atoms in total. The van der Waals surface area contributed by atoms with Gasteiger partial charge in [-0.25, -0.2) is 9.97 Å².